The third-order valence-electron chi connectivity index (χ3n) is 6.72. The van der Waals surface area contributed by atoms with Gasteiger partial charge in [0.25, 0.3) is 6.43 Å². The molecule has 4 aromatic heterocycles. The van der Waals surface area contributed by atoms with Crippen LogP contribution in [0.25, 0.3) is 27.9 Å². The third-order valence-corrected chi connectivity index (χ3v) is 6.72. The van der Waals surface area contributed by atoms with E-state index in [4.69, 9.17) is 4.74 Å². The van der Waals surface area contributed by atoms with Gasteiger partial charge in [-0.3, -0.25) is 4.90 Å². The Morgan fingerprint density at radius 1 is 1.19 bits per heavy atom. The van der Waals surface area contributed by atoms with Gasteiger partial charge in [0.1, 0.15) is 23.7 Å². The lowest BCUT2D eigenvalue weighted by molar-refractivity contribution is -0.0794. The summed E-state index contributed by atoms with van der Waals surface area (Å²) in [5.41, 5.74) is 2.60. The van der Waals surface area contributed by atoms with Crippen LogP contribution in [0.15, 0.2) is 24.4 Å². The first-order valence-electron chi connectivity index (χ1n) is 11.8. The molecule has 0 saturated carbocycles. The number of piperidine rings is 1. The van der Waals surface area contributed by atoms with Gasteiger partial charge in [0, 0.05) is 31.9 Å². The van der Waals surface area contributed by atoms with Crippen LogP contribution < -0.4 is 10.6 Å². The minimum absolute atomic E-state index is 0.270. The van der Waals surface area contributed by atoms with Gasteiger partial charge in [-0.1, -0.05) is 5.21 Å². The first-order valence-corrected chi connectivity index (χ1v) is 11.8. The average Bonchev–Trinajstić information content (AvgIpc) is 3.43. The molecule has 2 N–H and O–H groups in total. The minimum atomic E-state index is -2.57. The number of halogens is 3. The molecule has 190 valence electrons. The van der Waals surface area contributed by atoms with Gasteiger partial charge >= 0.3 is 0 Å². The van der Waals surface area contributed by atoms with Crippen molar-refractivity contribution in [1.29, 1.82) is 0 Å². The highest BCUT2D eigenvalue weighted by Gasteiger charge is 2.35. The van der Waals surface area contributed by atoms with Gasteiger partial charge < -0.3 is 15.4 Å². The number of likely N-dealkylation sites (tertiary alicyclic amines) is 1. The number of anilines is 2. The fraction of sp³-hybridized carbons (Fsp3) is 0.500. The van der Waals surface area contributed by atoms with Crippen molar-refractivity contribution >= 4 is 28.4 Å². The number of nitrogens with one attached hydrogen (secondary N) is 2. The maximum absolute atomic E-state index is 14.9. The molecular weight excluding hydrogens is 477 g/mol. The van der Waals surface area contributed by atoms with Crippen LogP contribution in [0.2, 0.25) is 0 Å². The first kappa shape index (κ1) is 22.9. The molecule has 0 aliphatic carbocycles. The number of nitrogens with zero attached hydrogens (tertiary/aromatic N) is 8. The van der Waals surface area contributed by atoms with E-state index in [1.807, 2.05) is 6.07 Å². The summed E-state index contributed by atoms with van der Waals surface area (Å²) in [7, 11) is 1.73. The third kappa shape index (κ3) is 4.09. The summed E-state index contributed by atoms with van der Waals surface area (Å²) in [6.45, 7) is 1.88. The maximum Gasteiger partial charge on any atom is 0.258 e. The van der Waals surface area contributed by atoms with E-state index in [-0.39, 0.29) is 5.65 Å². The molecule has 0 aromatic carbocycles. The lowest BCUT2D eigenvalue weighted by Gasteiger charge is -2.42. The number of pyridine rings is 1. The molecule has 0 spiro atoms. The SMILES string of the molecule is CNc1nc(N[C@H]2CCN(C3COC3)C[C@H]2F)nn2ccc(-c3ccc4nnn(CC(F)F)c4n3)c12. The molecule has 4 aromatic rings. The number of ether oxygens (including phenoxy) is 1. The summed E-state index contributed by atoms with van der Waals surface area (Å²) in [5, 5.41) is 18.5. The summed E-state index contributed by atoms with van der Waals surface area (Å²) in [4.78, 5) is 11.3. The van der Waals surface area contributed by atoms with Crippen molar-refractivity contribution in [2.45, 2.75) is 37.6 Å². The van der Waals surface area contributed by atoms with Crippen molar-refractivity contribution in [2.24, 2.45) is 0 Å². The van der Waals surface area contributed by atoms with Crippen LogP contribution in [0.4, 0.5) is 24.9 Å². The van der Waals surface area contributed by atoms with Crippen molar-refractivity contribution in [3.8, 4) is 11.3 Å². The normalized spacial score (nSPS) is 21.4. The van der Waals surface area contributed by atoms with Crippen LogP contribution in [0.3, 0.4) is 0 Å². The maximum atomic E-state index is 14.9. The van der Waals surface area contributed by atoms with Gasteiger partial charge in [-0.25, -0.2) is 27.4 Å². The lowest BCUT2D eigenvalue weighted by Crippen LogP contribution is -2.57. The Labute approximate surface area is 203 Å². The fourth-order valence-electron chi connectivity index (χ4n) is 4.75. The molecule has 2 atom stereocenters. The molecule has 11 nitrogen and oxygen atoms in total. The standard InChI is InChI=1S/C22H25F3N10O/c1-26-20-19-13(15-2-3-17-21(27-15)35(32-30-17)9-18(24)25)4-7-34(19)31-22(29-20)28-16-5-6-33(8-14(16)23)12-10-36-11-12/h2-4,7,12,14,16,18H,5-6,8-11H2,1H3,(H2,26,28,29,31)/t14-,16+/m1/s1. The smallest absolute Gasteiger partial charge is 0.258 e. The largest absolute Gasteiger partial charge is 0.378 e. The summed E-state index contributed by atoms with van der Waals surface area (Å²) in [5.74, 6) is 0.831. The van der Waals surface area contributed by atoms with Gasteiger partial charge in [0.15, 0.2) is 11.5 Å². The fourth-order valence-corrected chi connectivity index (χ4v) is 4.75. The molecule has 0 radical (unpaired) electrons. The first-order chi connectivity index (χ1) is 17.5. The topological polar surface area (TPSA) is 110 Å². The molecule has 6 rings (SSSR count). The van der Waals surface area contributed by atoms with Gasteiger partial charge in [-0.15, -0.1) is 10.2 Å². The van der Waals surface area contributed by atoms with Gasteiger partial charge in [0.05, 0.1) is 31.0 Å². The van der Waals surface area contributed by atoms with E-state index in [1.54, 1.807) is 29.9 Å². The summed E-state index contributed by atoms with van der Waals surface area (Å²) in [6, 6.07) is 5.17. The number of hydrogen-bond donors (Lipinski definition) is 2. The Morgan fingerprint density at radius 3 is 2.78 bits per heavy atom. The highest BCUT2D eigenvalue weighted by Crippen LogP contribution is 2.30. The molecule has 2 aliphatic rings. The Balaban J connectivity index is 1.28. The highest BCUT2D eigenvalue weighted by atomic mass is 19.3. The van der Waals surface area contributed by atoms with Crippen molar-refractivity contribution in [1.82, 2.24) is 39.5 Å². The Kier molecular flexibility index (Phi) is 5.84. The molecule has 2 saturated heterocycles. The average molecular weight is 503 g/mol. The van der Waals surface area contributed by atoms with Crippen molar-refractivity contribution in [3.63, 3.8) is 0 Å². The Bertz CT molecular complexity index is 1390. The van der Waals surface area contributed by atoms with E-state index in [0.29, 0.717) is 66.3 Å². The Hall–Kier alpha value is -3.52. The second kappa shape index (κ2) is 9.17. The molecule has 36 heavy (non-hydrogen) atoms. The second-order valence-electron chi connectivity index (χ2n) is 9.00. The summed E-state index contributed by atoms with van der Waals surface area (Å²) >= 11 is 0. The molecule has 6 heterocycles. The molecule has 14 heteroatoms. The predicted octanol–water partition coefficient (Wildman–Crippen LogP) is 2.07. The van der Waals surface area contributed by atoms with E-state index in [0.717, 1.165) is 11.2 Å². The van der Waals surface area contributed by atoms with Crippen LogP contribution in [0.1, 0.15) is 6.42 Å². The zero-order valence-electron chi connectivity index (χ0n) is 19.5. The zero-order chi connectivity index (χ0) is 24.8. The Morgan fingerprint density at radius 2 is 2.06 bits per heavy atom. The summed E-state index contributed by atoms with van der Waals surface area (Å²) < 4.78 is 48.8. The van der Waals surface area contributed by atoms with Crippen molar-refractivity contribution in [2.75, 3.05) is 44.0 Å². The molecule has 0 bridgehead atoms. The molecular formula is C22H25F3N10O. The van der Waals surface area contributed by atoms with Gasteiger partial charge in [0.2, 0.25) is 5.95 Å². The quantitative estimate of drug-likeness (QED) is 0.392. The van der Waals surface area contributed by atoms with Gasteiger partial charge in [-0.2, -0.15) is 4.98 Å². The van der Waals surface area contributed by atoms with Crippen molar-refractivity contribution in [3.05, 3.63) is 24.4 Å². The van der Waals surface area contributed by atoms with E-state index in [9.17, 15) is 13.2 Å². The molecule has 0 amide bonds. The van der Waals surface area contributed by atoms with E-state index in [2.05, 4.69) is 40.9 Å². The zero-order valence-corrected chi connectivity index (χ0v) is 19.5. The van der Waals surface area contributed by atoms with Crippen molar-refractivity contribution < 1.29 is 17.9 Å². The number of aromatic nitrogens is 7. The molecule has 0 unspecified atom stereocenters. The number of hydrogen-bond acceptors (Lipinski definition) is 9. The monoisotopic (exact) mass is 502 g/mol. The van der Waals surface area contributed by atoms with Crippen LogP contribution in [0, 0.1) is 0 Å². The highest BCUT2D eigenvalue weighted by molar-refractivity contribution is 5.89. The minimum Gasteiger partial charge on any atom is -0.378 e. The van der Waals surface area contributed by atoms with E-state index in [1.165, 1.54) is 0 Å². The van der Waals surface area contributed by atoms with Crippen LogP contribution in [-0.2, 0) is 11.3 Å². The van der Waals surface area contributed by atoms with E-state index < -0.39 is 25.2 Å². The second-order valence-corrected chi connectivity index (χ2v) is 9.00. The number of rotatable bonds is 7. The predicted molar refractivity (Wildman–Crippen MR) is 126 cm³/mol. The summed E-state index contributed by atoms with van der Waals surface area (Å²) in [6.07, 6.45) is -1.24. The number of fused-ring (bicyclic) bond motifs is 2. The van der Waals surface area contributed by atoms with E-state index >= 15 is 0 Å². The van der Waals surface area contributed by atoms with Crippen LogP contribution in [0.5, 0.6) is 0 Å². The molecule has 2 fully saturated rings. The van der Waals surface area contributed by atoms with Crippen LogP contribution >= 0.6 is 0 Å². The lowest BCUT2D eigenvalue weighted by atomic mass is 10.0. The van der Waals surface area contributed by atoms with Crippen LogP contribution in [-0.4, -0.2) is 97.5 Å². The van der Waals surface area contributed by atoms with Gasteiger partial charge in [-0.05, 0) is 24.6 Å². The number of alkyl halides is 3. The molecule has 2 aliphatic heterocycles.